The highest BCUT2D eigenvalue weighted by molar-refractivity contribution is 6.09. The zero-order valence-electron chi connectivity index (χ0n) is 36.0. The fourth-order valence-electron chi connectivity index (χ4n) is 9.40. The predicted molar refractivity (Wildman–Crippen MR) is 274 cm³/mol. The molecule has 0 saturated carbocycles. The minimum atomic E-state index is 0.672. The second-order valence-electron chi connectivity index (χ2n) is 16.6. The van der Waals surface area contributed by atoms with Gasteiger partial charge in [-0.15, -0.1) is 5.10 Å². The van der Waals surface area contributed by atoms with Gasteiger partial charge in [-0.3, -0.25) is 0 Å². The topological polar surface area (TPSA) is 35.6 Å². The molecule has 0 spiro atoms. The minimum Gasteiger partial charge on any atom is -0.309 e. The molecule has 10 aromatic carbocycles. The Morgan fingerprint density at radius 1 is 0.258 bits per heavy atom. The van der Waals surface area contributed by atoms with Gasteiger partial charge in [0.1, 0.15) is 0 Å². The molecule has 0 saturated heterocycles. The van der Waals surface area contributed by atoms with Crippen molar-refractivity contribution >= 4 is 21.8 Å². The van der Waals surface area contributed by atoms with Gasteiger partial charge in [0.15, 0.2) is 11.6 Å². The quantitative estimate of drug-likeness (QED) is 0.145. The van der Waals surface area contributed by atoms with Crippen LogP contribution in [0.1, 0.15) is 0 Å². The molecule has 4 heteroatoms. The van der Waals surface area contributed by atoms with Crippen LogP contribution < -0.4 is 0 Å². The van der Waals surface area contributed by atoms with Crippen LogP contribution in [0.15, 0.2) is 255 Å². The number of rotatable bonds is 9. The summed E-state index contributed by atoms with van der Waals surface area (Å²) in [4.78, 5) is 5.20. The van der Waals surface area contributed by atoms with Crippen LogP contribution in [0.3, 0.4) is 0 Å². The monoisotopic (exact) mass is 842 g/mol. The molecular weight excluding hydrogens is 801 g/mol. The average Bonchev–Trinajstić information content (AvgIpc) is 4.00. The van der Waals surface area contributed by atoms with E-state index in [1.165, 1.54) is 55.2 Å². The van der Waals surface area contributed by atoms with Crippen LogP contribution in [0.2, 0.25) is 0 Å². The van der Waals surface area contributed by atoms with Crippen LogP contribution in [0.25, 0.3) is 112 Å². The lowest BCUT2D eigenvalue weighted by Crippen LogP contribution is -2.00. The summed E-state index contributed by atoms with van der Waals surface area (Å²) < 4.78 is 4.35. The molecule has 0 aliphatic heterocycles. The van der Waals surface area contributed by atoms with Crippen LogP contribution in [-0.4, -0.2) is 19.3 Å². The summed E-state index contributed by atoms with van der Waals surface area (Å²) in [7, 11) is 0. The van der Waals surface area contributed by atoms with Gasteiger partial charge in [-0.25, -0.2) is 9.67 Å². The second kappa shape index (κ2) is 16.7. The summed E-state index contributed by atoms with van der Waals surface area (Å²) >= 11 is 0. The van der Waals surface area contributed by atoms with Crippen LogP contribution in [0.4, 0.5) is 0 Å². The van der Waals surface area contributed by atoms with E-state index in [4.69, 9.17) is 10.1 Å². The summed E-state index contributed by atoms with van der Waals surface area (Å²) in [5.74, 6) is 1.45. The van der Waals surface area contributed by atoms with Gasteiger partial charge in [0, 0.05) is 27.6 Å². The van der Waals surface area contributed by atoms with Gasteiger partial charge in [-0.1, -0.05) is 218 Å². The van der Waals surface area contributed by atoms with E-state index in [1.807, 2.05) is 16.8 Å². The molecule has 12 rings (SSSR count). The Kier molecular flexibility index (Phi) is 9.81. The standard InChI is InChI=1S/C62H42N4/c1-3-15-43(16-4-1)45-27-31-49(32-28-45)61-63-62(50-33-29-46(30-34-50)44-17-5-2-6-18-44)66(64-61)52-41-37-48(38-42-52)54-20-8-10-22-56(54)55-21-9-7-19-53(55)47-35-39-51(40-36-47)65-59-25-13-11-23-57(59)58-24-12-14-26-60(58)65/h1-42H. The third-order valence-electron chi connectivity index (χ3n) is 12.7. The predicted octanol–water partition coefficient (Wildman–Crippen LogP) is 16.0. The number of para-hydroxylation sites is 2. The number of nitrogens with zero attached hydrogens (tertiary/aromatic N) is 4. The molecule has 66 heavy (non-hydrogen) atoms. The molecule has 0 amide bonds. The van der Waals surface area contributed by atoms with Crippen molar-refractivity contribution < 1.29 is 0 Å². The van der Waals surface area contributed by atoms with Crippen molar-refractivity contribution in [2.24, 2.45) is 0 Å². The molecule has 0 radical (unpaired) electrons. The zero-order chi connectivity index (χ0) is 43.8. The summed E-state index contributed by atoms with van der Waals surface area (Å²) in [6.45, 7) is 0. The third kappa shape index (κ3) is 7.08. The third-order valence-corrected chi connectivity index (χ3v) is 12.7. The van der Waals surface area contributed by atoms with E-state index in [1.54, 1.807) is 0 Å². The highest BCUT2D eigenvalue weighted by Gasteiger charge is 2.18. The molecule has 2 aromatic heterocycles. The number of hydrogen-bond acceptors (Lipinski definition) is 2. The highest BCUT2D eigenvalue weighted by atomic mass is 15.4. The fourth-order valence-corrected chi connectivity index (χ4v) is 9.40. The van der Waals surface area contributed by atoms with Crippen molar-refractivity contribution in [1.82, 2.24) is 19.3 Å². The molecule has 12 aromatic rings. The van der Waals surface area contributed by atoms with Gasteiger partial charge in [-0.2, -0.15) is 0 Å². The first-order valence-electron chi connectivity index (χ1n) is 22.4. The number of benzene rings is 10. The molecule has 4 nitrogen and oxygen atoms in total. The van der Waals surface area contributed by atoms with Gasteiger partial charge < -0.3 is 4.57 Å². The first kappa shape index (κ1) is 38.8. The Morgan fingerprint density at radius 3 is 1.12 bits per heavy atom. The molecule has 310 valence electrons. The summed E-state index contributed by atoms with van der Waals surface area (Å²) in [6, 6.07) is 90.5. The Hall–Kier alpha value is -8.86. The molecule has 0 atom stereocenters. The fraction of sp³-hybridized carbons (Fsp3) is 0. The lowest BCUT2D eigenvalue weighted by Gasteiger charge is -2.16. The first-order chi connectivity index (χ1) is 32.7. The molecular formula is C62H42N4. The Balaban J connectivity index is 0.891. The smallest absolute Gasteiger partial charge is 0.182 e. The first-order valence-corrected chi connectivity index (χ1v) is 22.4. The van der Waals surface area contributed by atoms with Crippen molar-refractivity contribution in [3.8, 4) is 89.8 Å². The number of hydrogen-bond donors (Lipinski definition) is 0. The van der Waals surface area contributed by atoms with Crippen LogP contribution in [-0.2, 0) is 0 Å². The Bertz CT molecular complexity index is 3590. The van der Waals surface area contributed by atoms with Gasteiger partial charge >= 0.3 is 0 Å². The minimum absolute atomic E-state index is 0.672. The molecule has 0 fully saturated rings. The SMILES string of the molecule is c1ccc(-c2ccc(-c3nc(-c4ccc(-c5ccccc5)cc4)n(-c4ccc(-c5ccccc5-c5ccccc5-c5ccc(-n6c7ccccc7c7ccccc76)cc5)cc4)n3)cc2)cc1. The summed E-state index contributed by atoms with van der Waals surface area (Å²) in [6.07, 6.45) is 0. The maximum Gasteiger partial charge on any atom is 0.182 e. The van der Waals surface area contributed by atoms with Crippen molar-refractivity contribution in [2.45, 2.75) is 0 Å². The van der Waals surface area contributed by atoms with Crippen molar-refractivity contribution in [2.75, 3.05) is 0 Å². The number of fused-ring (bicyclic) bond motifs is 3. The van der Waals surface area contributed by atoms with Crippen LogP contribution in [0.5, 0.6) is 0 Å². The Labute approximate surface area is 384 Å². The van der Waals surface area contributed by atoms with E-state index >= 15 is 0 Å². The summed E-state index contributed by atoms with van der Waals surface area (Å²) in [5, 5.41) is 7.70. The van der Waals surface area contributed by atoms with Gasteiger partial charge in [-0.05, 0) is 92.0 Å². The maximum atomic E-state index is 5.20. The van der Waals surface area contributed by atoms with E-state index in [2.05, 4.69) is 247 Å². The van der Waals surface area contributed by atoms with E-state index in [-0.39, 0.29) is 0 Å². The molecule has 0 unspecified atom stereocenters. The lowest BCUT2D eigenvalue weighted by molar-refractivity contribution is 0.891. The zero-order valence-corrected chi connectivity index (χ0v) is 36.0. The van der Waals surface area contributed by atoms with Crippen molar-refractivity contribution in [3.05, 3.63) is 255 Å². The van der Waals surface area contributed by atoms with E-state index in [0.29, 0.717) is 5.82 Å². The van der Waals surface area contributed by atoms with Gasteiger partial charge in [0.2, 0.25) is 0 Å². The lowest BCUT2D eigenvalue weighted by atomic mass is 9.89. The van der Waals surface area contributed by atoms with Gasteiger partial charge in [0.05, 0.1) is 16.7 Å². The van der Waals surface area contributed by atoms with E-state index in [9.17, 15) is 0 Å². The number of aromatic nitrogens is 4. The average molecular weight is 843 g/mol. The van der Waals surface area contributed by atoms with Gasteiger partial charge in [0.25, 0.3) is 0 Å². The maximum absolute atomic E-state index is 5.20. The Morgan fingerprint density at radius 2 is 0.621 bits per heavy atom. The largest absolute Gasteiger partial charge is 0.309 e. The van der Waals surface area contributed by atoms with Crippen LogP contribution >= 0.6 is 0 Å². The van der Waals surface area contributed by atoms with Crippen molar-refractivity contribution in [3.63, 3.8) is 0 Å². The van der Waals surface area contributed by atoms with E-state index in [0.717, 1.165) is 50.6 Å². The van der Waals surface area contributed by atoms with E-state index < -0.39 is 0 Å². The van der Waals surface area contributed by atoms with Crippen molar-refractivity contribution in [1.29, 1.82) is 0 Å². The molecule has 0 N–H and O–H groups in total. The van der Waals surface area contributed by atoms with Crippen LogP contribution in [0, 0.1) is 0 Å². The normalized spacial score (nSPS) is 11.3. The molecule has 0 bridgehead atoms. The second-order valence-corrected chi connectivity index (χ2v) is 16.6. The summed E-state index contributed by atoms with van der Waals surface area (Å²) in [5.41, 5.74) is 18.1. The molecule has 0 aliphatic carbocycles. The molecule has 0 aliphatic rings. The molecule has 2 heterocycles. The highest BCUT2D eigenvalue weighted by Crippen LogP contribution is 2.40.